The van der Waals surface area contributed by atoms with Crippen molar-refractivity contribution in [1.82, 2.24) is 9.71 Å². The molecule has 2 saturated heterocycles. The molecule has 3 rings (SSSR count). The summed E-state index contributed by atoms with van der Waals surface area (Å²) in [7, 11) is -4.31. The lowest BCUT2D eigenvalue weighted by Gasteiger charge is -2.42. The Hall–Kier alpha value is -2.72. The Labute approximate surface area is 221 Å². The van der Waals surface area contributed by atoms with Crippen molar-refractivity contribution in [2.45, 2.75) is 71.8 Å². The van der Waals surface area contributed by atoms with Gasteiger partial charge in [-0.1, -0.05) is 27.4 Å². The molecule has 2 aliphatic rings. The molecule has 1 amide bonds. The number of allylic oxidation sites excluding steroid dienone is 1. The predicted molar refractivity (Wildman–Crippen MR) is 148 cm³/mol. The van der Waals surface area contributed by atoms with Crippen molar-refractivity contribution < 1.29 is 17.9 Å². The van der Waals surface area contributed by atoms with Gasteiger partial charge in [-0.15, -0.1) is 0 Å². The minimum absolute atomic E-state index is 0.00239. The van der Waals surface area contributed by atoms with Gasteiger partial charge in [0.05, 0.1) is 5.56 Å². The van der Waals surface area contributed by atoms with Gasteiger partial charge in [-0.05, 0) is 76.2 Å². The van der Waals surface area contributed by atoms with E-state index >= 15 is 0 Å². The van der Waals surface area contributed by atoms with Crippen molar-refractivity contribution in [2.75, 3.05) is 24.7 Å². The van der Waals surface area contributed by atoms with Gasteiger partial charge in [0.1, 0.15) is 11.6 Å². The van der Waals surface area contributed by atoms with Gasteiger partial charge in [0.25, 0.3) is 15.9 Å². The standard InChI is InChI=1S/C27H41N5O4S/c1-8-22(28)30-23(9-2)37(34,35)31-25(33)19-10-11-21(26(3,4)5)29-24(19)32-15-12-20(27(32,6)7)18-13-16-36-17-14-18/h8-11,18,20H,2,12-17,28H2,1,3-7H3,(H,31,33)/b22-8-,30-23+. The number of nitrogens with one attached hydrogen (secondary N) is 1. The van der Waals surface area contributed by atoms with E-state index in [1.165, 1.54) is 6.08 Å². The zero-order valence-electron chi connectivity index (χ0n) is 22.9. The number of sulfonamides is 1. The van der Waals surface area contributed by atoms with Crippen LogP contribution in [0, 0.1) is 11.8 Å². The van der Waals surface area contributed by atoms with Gasteiger partial charge >= 0.3 is 0 Å². The van der Waals surface area contributed by atoms with E-state index in [0.29, 0.717) is 17.7 Å². The number of ether oxygens (including phenoxy) is 1. The highest BCUT2D eigenvalue weighted by Gasteiger charge is 2.47. The quantitative estimate of drug-likeness (QED) is 0.436. The number of carbonyl (C=O) groups excluding carboxylic acids is 1. The van der Waals surface area contributed by atoms with Crippen LogP contribution < -0.4 is 15.4 Å². The highest BCUT2D eigenvalue weighted by atomic mass is 32.2. The average molecular weight is 532 g/mol. The Balaban J connectivity index is 2.03. The molecule has 37 heavy (non-hydrogen) atoms. The van der Waals surface area contributed by atoms with E-state index in [-0.39, 0.29) is 22.3 Å². The molecule has 0 aliphatic carbocycles. The number of rotatable bonds is 5. The lowest BCUT2D eigenvalue weighted by atomic mass is 9.75. The summed E-state index contributed by atoms with van der Waals surface area (Å²) < 4.78 is 33.7. The van der Waals surface area contributed by atoms with Gasteiger partial charge in [-0.3, -0.25) is 4.79 Å². The summed E-state index contributed by atoms with van der Waals surface area (Å²) in [6.45, 7) is 17.9. The zero-order chi connectivity index (χ0) is 27.6. The highest BCUT2D eigenvalue weighted by molar-refractivity contribution is 8.05. The molecule has 204 valence electrons. The smallest absolute Gasteiger partial charge is 0.281 e. The second kappa shape index (κ2) is 10.9. The summed E-state index contributed by atoms with van der Waals surface area (Å²) in [5.41, 5.74) is 6.15. The van der Waals surface area contributed by atoms with Crippen molar-refractivity contribution in [3.63, 3.8) is 0 Å². The van der Waals surface area contributed by atoms with E-state index in [2.05, 4.69) is 55.8 Å². The van der Waals surface area contributed by atoms with E-state index in [0.717, 1.165) is 50.8 Å². The molecule has 1 aromatic rings. The number of amides is 1. The van der Waals surface area contributed by atoms with Gasteiger partial charge < -0.3 is 15.4 Å². The number of aromatic nitrogens is 1. The summed E-state index contributed by atoms with van der Waals surface area (Å²) in [5.74, 6) is 0.647. The molecule has 9 nitrogen and oxygen atoms in total. The first-order valence-electron chi connectivity index (χ1n) is 12.8. The maximum absolute atomic E-state index is 13.5. The van der Waals surface area contributed by atoms with E-state index in [9.17, 15) is 13.2 Å². The number of nitrogens with two attached hydrogens (primary N) is 1. The van der Waals surface area contributed by atoms with Crippen LogP contribution in [0.2, 0.25) is 0 Å². The molecule has 10 heteroatoms. The number of anilines is 1. The molecule has 1 aromatic heterocycles. The molecule has 0 aromatic carbocycles. The number of nitrogens with zero attached hydrogens (tertiary/aromatic N) is 3. The minimum Gasteiger partial charge on any atom is -0.384 e. The maximum Gasteiger partial charge on any atom is 0.281 e. The SMILES string of the molecule is C=C/C(=N\C(N)=C/C)S(=O)(=O)NC(=O)c1ccc(C(C)(C)C)nc1N1CCC(C2CCOCC2)C1(C)C. The van der Waals surface area contributed by atoms with Crippen LogP contribution in [0.25, 0.3) is 0 Å². The van der Waals surface area contributed by atoms with Crippen LogP contribution in [0.15, 0.2) is 41.7 Å². The van der Waals surface area contributed by atoms with Crippen LogP contribution >= 0.6 is 0 Å². The molecule has 1 atom stereocenters. The summed E-state index contributed by atoms with van der Waals surface area (Å²) in [6.07, 6.45) is 5.51. The molecule has 2 fully saturated rings. The molecule has 3 heterocycles. The summed E-state index contributed by atoms with van der Waals surface area (Å²) in [4.78, 5) is 24.4. The largest absolute Gasteiger partial charge is 0.384 e. The van der Waals surface area contributed by atoms with Crippen LogP contribution in [-0.2, 0) is 20.2 Å². The summed E-state index contributed by atoms with van der Waals surface area (Å²) >= 11 is 0. The molecular weight excluding hydrogens is 490 g/mol. The van der Waals surface area contributed by atoms with Gasteiger partial charge in [-0.2, -0.15) is 8.42 Å². The number of hydrogen-bond acceptors (Lipinski definition) is 8. The van der Waals surface area contributed by atoms with Crippen molar-refractivity contribution in [3.8, 4) is 0 Å². The molecule has 0 radical (unpaired) electrons. The average Bonchev–Trinajstić information content (AvgIpc) is 3.15. The Morgan fingerprint density at radius 2 is 1.92 bits per heavy atom. The Morgan fingerprint density at radius 3 is 2.49 bits per heavy atom. The molecule has 0 spiro atoms. The van der Waals surface area contributed by atoms with E-state index in [4.69, 9.17) is 15.5 Å². The van der Waals surface area contributed by atoms with Crippen LogP contribution in [0.4, 0.5) is 5.82 Å². The topological polar surface area (TPSA) is 127 Å². The first kappa shape index (κ1) is 28.8. The van der Waals surface area contributed by atoms with Crippen LogP contribution in [0.1, 0.15) is 76.9 Å². The fraction of sp³-hybridized carbons (Fsp3) is 0.593. The van der Waals surface area contributed by atoms with E-state index in [1.807, 2.05) is 0 Å². The van der Waals surface area contributed by atoms with Gasteiger partial charge in [0.15, 0.2) is 5.04 Å². The van der Waals surface area contributed by atoms with Gasteiger partial charge in [0, 0.05) is 36.4 Å². The fourth-order valence-corrected chi connectivity index (χ4v) is 6.21. The van der Waals surface area contributed by atoms with Crippen LogP contribution in [-0.4, -0.2) is 49.7 Å². The lowest BCUT2D eigenvalue weighted by Crippen LogP contribution is -2.47. The Kier molecular flexibility index (Phi) is 8.54. The number of aliphatic imine (C=N–C) groups is 1. The molecule has 0 saturated carbocycles. The van der Waals surface area contributed by atoms with E-state index < -0.39 is 21.0 Å². The van der Waals surface area contributed by atoms with Crippen molar-refractivity contribution in [2.24, 2.45) is 22.6 Å². The number of pyridine rings is 1. The Bertz CT molecular complexity index is 1190. The van der Waals surface area contributed by atoms with Gasteiger partial charge in [-0.25, -0.2) is 14.7 Å². The molecular formula is C27H41N5O4S. The normalized spacial score (nSPS) is 21.7. The second-order valence-electron chi connectivity index (χ2n) is 11.3. The summed E-state index contributed by atoms with van der Waals surface area (Å²) in [6, 6.07) is 3.45. The number of hydrogen-bond donors (Lipinski definition) is 2. The molecule has 2 aliphatic heterocycles. The van der Waals surface area contributed by atoms with Gasteiger partial charge in [0.2, 0.25) is 0 Å². The zero-order valence-corrected chi connectivity index (χ0v) is 23.7. The fourth-order valence-electron chi connectivity index (χ4n) is 5.30. The molecule has 0 bridgehead atoms. The first-order valence-corrected chi connectivity index (χ1v) is 14.3. The van der Waals surface area contributed by atoms with Crippen LogP contribution in [0.3, 0.4) is 0 Å². The predicted octanol–water partition coefficient (Wildman–Crippen LogP) is 3.87. The monoisotopic (exact) mass is 531 g/mol. The van der Waals surface area contributed by atoms with Crippen molar-refractivity contribution in [1.29, 1.82) is 0 Å². The third kappa shape index (κ3) is 6.23. The molecule has 3 N–H and O–H groups in total. The molecule has 1 unspecified atom stereocenters. The highest BCUT2D eigenvalue weighted by Crippen LogP contribution is 2.45. The van der Waals surface area contributed by atoms with Crippen molar-refractivity contribution in [3.05, 3.63) is 47.9 Å². The first-order chi connectivity index (χ1) is 17.2. The third-order valence-corrected chi connectivity index (χ3v) is 8.72. The Morgan fingerprint density at radius 1 is 1.27 bits per heavy atom. The third-order valence-electron chi connectivity index (χ3n) is 7.46. The minimum atomic E-state index is -4.31. The lowest BCUT2D eigenvalue weighted by molar-refractivity contribution is 0.0382. The summed E-state index contributed by atoms with van der Waals surface area (Å²) in [5, 5.41) is -0.432. The number of carbonyl (C=O) groups is 1. The van der Waals surface area contributed by atoms with Crippen LogP contribution in [0.5, 0.6) is 0 Å². The van der Waals surface area contributed by atoms with Crippen molar-refractivity contribution >= 4 is 26.8 Å². The second-order valence-corrected chi connectivity index (χ2v) is 12.9. The maximum atomic E-state index is 13.5. The van der Waals surface area contributed by atoms with E-state index in [1.54, 1.807) is 19.1 Å².